The van der Waals surface area contributed by atoms with Crippen molar-refractivity contribution < 1.29 is 0 Å². The lowest BCUT2D eigenvalue weighted by Crippen LogP contribution is -2.29. The summed E-state index contributed by atoms with van der Waals surface area (Å²) in [6.07, 6.45) is 4.89. The molecule has 1 heterocycles. The highest BCUT2D eigenvalue weighted by Crippen LogP contribution is 2.24. The van der Waals surface area contributed by atoms with Crippen LogP contribution in [0.5, 0.6) is 0 Å². The van der Waals surface area contributed by atoms with Crippen molar-refractivity contribution in [3.63, 3.8) is 0 Å². The smallest absolute Gasteiger partial charge is 0.182 e. The summed E-state index contributed by atoms with van der Waals surface area (Å²) in [5.41, 5.74) is 6.98. The molecule has 0 atom stereocenters. The number of aryl methyl sites for hydroxylation is 1. The summed E-state index contributed by atoms with van der Waals surface area (Å²) in [7, 11) is 0. The van der Waals surface area contributed by atoms with Crippen LogP contribution in [-0.2, 0) is 0 Å². The van der Waals surface area contributed by atoms with Gasteiger partial charge in [-0.25, -0.2) is 4.98 Å². The maximum absolute atomic E-state index is 5.88. The maximum atomic E-state index is 5.88. The topological polar surface area (TPSA) is 50.9 Å². The van der Waals surface area contributed by atoms with E-state index in [1.165, 1.54) is 25.7 Å². The Balaban J connectivity index is 1.74. The minimum atomic E-state index is 0.448. The Labute approximate surface area is 95.1 Å². The highest BCUT2D eigenvalue weighted by Gasteiger charge is 2.18. The molecule has 1 aromatic heterocycles. The molecular weight excluding hydrogens is 206 g/mol. The first-order valence-corrected chi connectivity index (χ1v) is 6.53. The van der Waals surface area contributed by atoms with Gasteiger partial charge in [-0.3, -0.25) is 0 Å². The molecule has 3 N–H and O–H groups in total. The predicted octanol–water partition coefficient (Wildman–Crippen LogP) is 2.38. The summed E-state index contributed by atoms with van der Waals surface area (Å²) < 4.78 is 0. The first-order chi connectivity index (χ1) is 7.24. The van der Waals surface area contributed by atoms with E-state index >= 15 is 0 Å². The van der Waals surface area contributed by atoms with E-state index in [9.17, 15) is 0 Å². The third-order valence-corrected chi connectivity index (χ3v) is 3.97. The van der Waals surface area contributed by atoms with Crippen LogP contribution in [0.15, 0.2) is 5.38 Å². The van der Waals surface area contributed by atoms with Crippen molar-refractivity contribution >= 4 is 16.5 Å². The zero-order valence-electron chi connectivity index (χ0n) is 9.20. The molecule has 3 nitrogen and oxygen atoms in total. The molecule has 4 heteroatoms. The Morgan fingerprint density at radius 2 is 2.20 bits per heavy atom. The van der Waals surface area contributed by atoms with E-state index in [4.69, 9.17) is 5.73 Å². The second kappa shape index (κ2) is 4.94. The molecule has 1 aliphatic carbocycles. The summed E-state index contributed by atoms with van der Waals surface area (Å²) in [5, 5.41) is 6.56. The molecule has 0 saturated heterocycles. The molecule has 1 aliphatic rings. The summed E-state index contributed by atoms with van der Waals surface area (Å²) >= 11 is 1.69. The van der Waals surface area contributed by atoms with Gasteiger partial charge >= 0.3 is 0 Å². The van der Waals surface area contributed by atoms with Gasteiger partial charge in [0.15, 0.2) is 5.13 Å². The fraction of sp³-hybridized carbons (Fsp3) is 0.727. The Hall–Kier alpha value is -0.610. The normalized spacial score (nSPS) is 26.5. The summed E-state index contributed by atoms with van der Waals surface area (Å²) in [4.78, 5) is 4.39. The highest BCUT2D eigenvalue weighted by molar-refractivity contribution is 7.13. The standard InChI is InChI=1S/C11H19N3S/c1-8-7-15-11(14-8)13-6-9-2-4-10(12)5-3-9/h7,9-10H,2-6,12H2,1H3,(H,13,14)/t9-,10-. The van der Waals surface area contributed by atoms with Gasteiger partial charge in [-0.05, 0) is 38.5 Å². The lowest BCUT2D eigenvalue weighted by atomic mass is 9.86. The van der Waals surface area contributed by atoms with Crippen LogP contribution in [-0.4, -0.2) is 17.6 Å². The number of nitrogens with one attached hydrogen (secondary N) is 1. The molecule has 1 aromatic rings. The average molecular weight is 225 g/mol. The van der Waals surface area contributed by atoms with E-state index in [-0.39, 0.29) is 0 Å². The van der Waals surface area contributed by atoms with Gasteiger partial charge in [0.25, 0.3) is 0 Å². The second-order valence-electron chi connectivity index (χ2n) is 4.46. The largest absolute Gasteiger partial charge is 0.361 e. The Bertz CT molecular complexity index is 303. The van der Waals surface area contributed by atoms with Crippen LogP contribution in [0.4, 0.5) is 5.13 Å². The van der Waals surface area contributed by atoms with Crippen molar-refractivity contribution in [3.05, 3.63) is 11.1 Å². The van der Waals surface area contributed by atoms with Crippen molar-refractivity contribution in [3.8, 4) is 0 Å². The van der Waals surface area contributed by atoms with Crippen molar-refractivity contribution in [1.82, 2.24) is 4.98 Å². The summed E-state index contributed by atoms with van der Waals surface area (Å²) in [6.45, 7) is 3.08. The van der Waals surface area contributed by atoms with Crippen LogP contribution in [0.25, 0.3) is 0 Å². The Morgan fingerprint density at radius 3 is 2.80 bits per heavy atom. The van der Waals surface area contributed by atoms with Crippen molar-refractivity contribution in [1.29, 1.82) is 0 Å². The van der Waals surface area contributed by atoms with Crippen molar-refractivity contribution in [2.24, 2.45) is 11.7 Å². The molecule has 15 heavy (non-hydrogen) atoms. The number of nitrogens with zero attached hydrogens (tertiary/aromatic N) is 1. The number of rotatable bonds is 3. The van der Waals surface area contributed by atoms with E-state index in [2.05, 4.69) is 15.7 Å². The zero-order chi connectivity index (χ0) is 10.7. The van der Waals surface area contributed by atoms with Crippen LogP contribution in [0.3, 0.4) is 0 Å². The SMILES string of the molecule is Cc1csc(NC[C@H]2CC[C@H](N)CC2)n1. The fourth-order valence-electron chi connectivity index (χ4n) is 2.06. The average Bonchev–Trinajstić information content (AvgIpc) is 2.64. The number of thiazole rings is 1. The van der Waals surface area contributed by atoms with Crippen LogP contribution in [0, 0.1) is 12.8 Å². The van der Waals surface area contributed by atoms with E-state index in [1.807, 2.05) is 6.92 Å². The second-order valence-corrected chi connectivity index (χ2v) is 5.31. The van der Waals surface area contributed by atoms with Gasteiger partial charge in [-0.1, -0.05) is 0 Å². The summed E-state index contributed by atoms with van der Waals surface area (Å²) in [5.74, 6) is 0.786. The third-order valence-electron chi connectivity index (χ3n) is 3.05. The molecule has 2 rings (SSSR count). The molecule has 0 spiro atoms. The van der Waals surface area contributed by atoms with E-state index in [0.29, 0.717) is 6.04 Å². The molecule has 0 unspecified atom stereocenters. The lowest BCUT2D eigenvalue weighted by molar-refractivity contribution is 0.339. The maximum Gasteiger partial charge on any atom is 0.182 e. The minimum absolute atomic E-state index is 0.448. The quantitative estimate of drug-likeness (QED) is 0.830. The number of hydrogen-bond acceptors (Lipinski definition) is 4. The van der Waals surface area contributed by atoms with Gasteiger partial charge in [0, 0.05) is 18.0 Å². The fourth-order valence-corrected chi connectivity index (χ4v) is 2.76. The number of anilines is 1. The Morgan fingerprint density at radius 1 is 1.47 bits per heavy atom. The predicted molar refractivity (Wildman–Crippen MR) is 65.3 cm³/mol. The monoisotopic (exact) mass is 225 g/mol. The molecule has 1 saturated carbocycles. The molecule has 0 aromatic carbocycles. The van der Waals surface area contributed by atoms with Crippen LogP contribution >= 0.6 is 11.3 Å². The molecule has 0 bridgehead atoms. The minimum Gasteiger partial charge on any atom is -0.361 e. The summed E-state index contributed by atoms with van der Waals surface area (Å²) in [6, 6.07) is 0.448. The molecule has 1 fully saturated rings. The zero-order valence-corrected chi connectivity index (χ0v) is 10.0. The highest BCUT2D eigenvalue weighted by atomic mass is 32.1. The van der Waals surface area contributed by atoms with Crippen molar-refractivity contribution in [2.75, 3.05) is 11.9 Å². The first-order valence-electron chi connectivity index (χ1n) is 5.65. The number of aromatic nitrogens is 1. The van der Waals surface area contributed by atoms with E-state index in [1.54, 1.807) is 11.3 Å². The van der Waals surface area contributed by atoms with Gasteiger partial charge in [0.05, 0.1) is 5.69 Å². The molecule has 84 valence electrons. The first kappa shape index (κ1) is 10.9. The molecular formula is C11H19N3S. The van der Waals surface area contributed by atoms with Crippen molar-refractivity contribution in [2.45, 2.75) is 38.6 Å². The van der Waals surface area contributed by atoms with E-state index < -0.39 is 0 Å². The van der Waals surface area contributed by atoms with Crippen LogP contribution < -0.4 is 11.1 Å². The van der Waals surface area contributed by atoms with Crippen LogP contribution in [0.2, 0.25) is 0 Å². The number of nitrogens with two attached hydrogens (primary N) is 1. The van der Waals surface area contributed by atoms with E-state index in [0.717, 1.165) is 23.3 Å². The number of hydrogen-bond donors (Lipinski definition) is 2. The lowest BCUT2D eigenvalue weighted by Gasteiger charge is -2.25. The van der Waals surface area contributed by atoms with Crippen LogP contribution in [0.1, 0.15) is 31.4 Å². The molecule has 0 radical (unpaired) electrons. The Kier molecular flexibility index (Phi) is 3.59. The van der Waals surface area contributed by atoms with Gasteiger partial charge in [0.2, 0.25) is 0 Å². The van der Waals surface area contributed by atoms with Gasteiger partial charge in [0.1, 0.15) is 0 Å². The van der Waals surface area contributed by atoms with Gasteiger partial charge in [-0.15, -0.1) is 11.3 Å². The van der Waals surface area contributed by atoms with Gasteiger partial charge < -0.3 is 11.1 Å². The van der Waals surface area contributed by atoms with Gasteiger partial charge in [-0.2, -0.15) is 0 Å². The third kappa shape index (κ3) is 3.18. The molecule has 0 aliphatic heterocycles. The molecule has 0 amide bonds.